The number of aliphatic hydroxyl groups is 1. The number of hydrogen-bond acceptors (Lipinski definition) is 4. The Labute approximate surface area is 145 Å². The van der Waals surface area contributed by atoms with E-state index in [2.05, 4.69) is 4.72 Å². The Morgan fingerprint density at radius 3 is 2.38 bits per heavy atom. The Bertz CT molecular complexity index is 811. The second kappa shape index (κ2) is 7.48. The van der Waals surface area contributed by atoms with Crippen LogP contribution in [-0.2, 0) is 10.0 Å². The van der Waals surface area contributed by atoms with Gasteiger partial charge >= 0.3 is 0 Å². The zero-order valence-corrected chi connectivity index (χ0v) is 14.8. The zero-order valence-electron chi connectivity index (χ0n) is 13.2. The van der Waals surface area contributed by atoms with Crippen molar-refractivity contribution < 1.29 is 17.9 Å². The summed E-state index contributed by atoms with van der Waals surface area (Å²) >= 11 is 5.60. The number of benzene rings is 2. The Kier molecular flexibility index (Phi) is 5.82. The largest absolute Gasteiger partial charge is 0.387 e. The van der Waals surface area contributed by atoms with Gasteiger partial charge in [-0.05, 0) is 35.9 Å². The van der Waals surface area contributed by atoms with Crippen molar-refractivity contribution in [3.63, 3.8) is 0 Å². The summed E-state index contributed by atoms with van der Waals surface area (Å²) in [7, 11) is -0.101. The molecule has 0 fully saturated rings. The molecule has 0 saturated heterocycles. The quantitative estimate of drug-likeness (QED) is 0.817. The molecular weight excluding hydrogens is 355 g/mol. The predicted octanol–water partition coefficient (Wildman–Crippen LogP) is 2.56. The van der Waals surface area contributed by atoms with E-state index in [9.17, 15) is 17.9 Å². The van der Waals surface area contributed by atoms with Crippen molar-refractivity contribution in [2.24, 2.45) is 0 Å². The lowest BCUT2D eigenvalue weighted by Gasteiger charge is -2.16. The third-order valence-corrected chi connectivity index (χ3v) is 5.17. The lowest BCUT2D eigenvalue weighted by molar-refractivity contribution is 0.182. The van der Waals surface area contributed by atoms with Crippen molar-refractivity contribution in [3.05, 3.63) is 58.9 Å². The van der Waals surface area contributed by atoms with Gasteiger partial charge < -0.3 is 10.0 Å². The predicted molar refractivity (Wildman–Crippen MR) is 92.3 cm³/mol. The monoisotopic (exact) mass is 372 g/mol. The molecule has 1 unspecified atom stereocenters. The lowest BCUT2D eigenvalue weighted by Crippen LogP contribution is -2.28. The maximum atomic E-state index is 13.1. The van der Waals surface area contributed by atoms with E-state index in [0.29, 0.717) is 5.56 Å². The molecule has 0 aliphatic rings. The fourth-order valence-electron chi connectivity index (χ4n) is 2.03. The van der Waals surface area contributed by atoms with E-state index < -0.39 is 21.9 Å². The van der Waals surface area contributed by atoms with Crippen LogP contribution in [0.5, 0.6) is 0 Å². The molecule has 0 heterocycles. The second-order valence-corrected chi connectivity index (χ2v) is 7.60. The normalized spacial score (nSPS) is 12.9. The van der Waals surface area contributed by atoms with Gasteiger partial charge in [-0.1, -0.05) is 23.7 Å². The minimum atomic E-state index is -3.89. The fourth-order valence-corrected chi connectivity index (χ4v) is 3.34. The number of halogens is 2. The molecule has 0 amide bonds. The van der Waals surface area contributed by atoms with Crippen LogP contribution in [0.1, 0.15) is 11.7 Å². The number of hydrogen-bond donors (Lipinski definition) is 2. The van der Waals surface area contributed by atoms with Crippen LogP contribution in [0.25, 0.3) is 0 Å². The Morgan fingerprint density at radius 2 is 1.83 bits per heavy atom. The van der Waals surface area contributed by atoms with Crippen LogP contribution >= 0.6 is 11.6 Å². The molecule has 0 aromatic heterocycles. The average molecular weight is 373 g/mol. The molecule has 2 rings (SSSR count). The summed E-state index contributed by atoms with van der Waals surface area (Å²) in [5.41, 5.74) is 1.55. The third kappa shape index (κ3) is 4.45. The van der Waals surface area contributed by atoms with E-state index in [0.717, 1.165) is 23.9 Å². The van der Waals surface area contributed by atoms with E-state index in [4.69, 9.17) is 11.6 Å². The first-order chi connectivity index (χ1) is 11.2. The molecule has 2 aromatic rings. The molecule has 0 bridgehead atoms. The summed E-state index contributed by atoms with van der Waals surface area (Å²) in [5.74, 6) is -0.698. The fraction of sp³-hybridized carbons (Fsp3) is 0.250. The van der Waals surface area contributed by atoms with E-state index in [-0.39, 0.29) is 16.5 Å². The van der Waals surface area contributed by atoms with E-state index >= 15 is 0 Å². The zero-order chi connectivity index (χ0) is 17.9. The number of aliphatic hydroxyl groups excluding tert-OH is 1. The molecule has 0 aliphatic heterocycles. The van der Waals surface area contributed by atoms with Crippen molar-refractivity contribution in [2.45, 2.75) is 11.0 Å². The first-order valence-electron chi connectivity index (χ1n) is 7.11. The number of anilines is 1. The summed E-state index contributed by atoms with van der Waals surface area (Å²) in [6.07, 6.45) is -1.01. The summed E-state index contributed by atoms with van der Waals surface area (Å²) in [5, 5.41) is 9.85. The van der Waals surface area contributed by atoms with Crippen LogP contribution in [0.3, 0.4) is 0 Å². The van der Waals surface area contributed by atoms with Crippen LogP contribution in [0.2, 0.25) is 5.02 Å². The number of sulfonamides is 1. The van der Waals surface area contributed by atoms with Crippen LogP contribution in [0.15, 0.2) is 47.4 Å². The van der Waals surface area contributed by atoms with Gasteiger partial charge in [0, 0.05) is 26.3 Å². The van der Waals surface area contributed by atoms with Gasteiger partial charge in [0.1, 0.15) is 5.82 Å². The molecule has 0 spiro atoms. The third-order valence-electron chi connectivity index (χ3n) is 3.46. The van der Waals surface area contributed by atoms with Crippen molar-refractivity contribution in [2.75, 3.05) is 25.5 Å². The lowest BCUT2D eigenvalue weighted by atomic mass is 10.1. The molecule has 0 saturated carbocycles. The van der Waals surface area contributed by atoms with Crippen LogP contribution in [0.4, 0.5) is 10.1 Å². The van der Waals surface area contributed by atoms with Crippen molar-refractivity contribution in [3.8, 4) is 0 Å². The van der Waals surface area contributed by atoms with Crippen LogP contribution in [0, 0.1) is 5.82 Å². The van der Waals surface area contributed by atoms with Gasteiger partial charge in [-0.15, -0.1) is 0 Å². The second-order valence-electron chi connectivity index (χ2n) is 5.43. The summed E-state index contributed by atoms with van der Waals surface area (Å²) < 4.78 is 39.7. The van der Waals surface area contributed by atoms with Gasteiger partial charge in [0.25, 0.3) is 0 Å². The first-order valence-corrected chi connectivity index (χ1v) is 8.97. The van der Waals surface area contributed by atoms with Crippen molar-refractivity contribution in [1.82, 2.24) is 4.72 Å². The van der Waals surface area contributed by atoms with Crippen LogP contribution in [-0.4, -0.2) is 34.2 Å². The van der Waals surface area contributed by atoms with Gasteiger partial charge in [0.15, 0.2) is 0 Å². The molecule has 8 heteroatoms. The van der Waals surface area contributed by atoms with E-state index in [1.54, 1.807) is 12.1 Å². The van der Waals surface area contributed by atoms with Crippen LogP contribution < -0.4 is 9.62 Å². The molecule has 24 heavy (non-hydrogen) atoms. The Morgan fingerprint density at radius 1 is 1.21 bits per heavy atom. The molecule has 0 radical (unpaired) electrons. The molecule has 1 atom stereocenters. The van der Waals surface area contributed by atoms with E-state index in [1.807, 2.05) is 31.1 Å². The van der Waals surface area contributed by atoms with Crippen molar-refractivity contribution >= 4 is 27.3 Å². The summed E-state index contributed by atoms with van der Waals surface area (Å²) in [4.78, 5) is 1.75. The van der Waals surface area contributed by atoms with Gasteiger partial charge in [-0.3, -0.25) is 0 Å². The van der Waals surface area contributed by atoms with Gasteiger partial charge in [0.2, 0.25) is 10.0 Å². The number of rotatable bonds is 6. The highest BCUT2D eigenvalue weighted by molar-refractivity contribution is 7.89. The molecular formula is C16H18ClFN2O3S. The Balaban J connectivity index is 2.06. The average Bonchev–Trinajstić information content (AvgIpc) is 2.55. The summed E-state index contributed by atoms with van der Waals surface area (Å²) in [6, 6.07) is 10.2. The Hall–Kier alpha value is -1.67. The molecule has 5 nitrogen and oxygen atoms in total. The highest BCUT2D eigenvalue weighted by Crippen LogP contribution is 2.21. The van der Waals surface area contributed by atoms with E-state index in [1.165, 1.54) is 0 Å². The number of nitrogens with zero attached hydrogens (tertiary/aromatic N) is 1. The van der Waals surface area contributed by atoms with Gasteiger partial charge in [-0.2, -0.15) is 0 Å². The molecule has 2 aromatic carbocycles. The maximum absolute atomic E-state index is 13.1. The highest BCUT2D eigenvalue weighted by atomic mass is 35.5. The molecule has 130 valence electrons. The van der Waals surface area contributed by atoms with Crippen molar-refractivity contribution in [1.29, 1.82) is 0 Å². The topological polar surface area (TPSA) is 69.6 Å². The maximum Gasteiger partial charge on any atom is 0.240 e. The van der Waals surface area contributed by atoms with Gasteiger partial charge in [0.05, 0.1) is 16.0 Å². The molecule has 0 aliphatic carbocycles. The minimum Gasteiger partial charge on any atom is -0.387 e. The molecule has 2 N–H and O–H groups in total. The minimum absolute atomic E-state index is 0.163. The summed E-state index contributed by atoms with van der Waals surface area (Å²) in [6.45, 7) is -0.210. The van der Waals surface area contributed by atoms with Gasteiger partial charge in [-0.25, -0.2) is 17.5 Å². The highest BCUT2D eigenvalue weighted by Gasteiger charge is 2.18. The SMILES string of the molecule is CN(C)c1ccc(C(O)CNS(=O)(=O)c2ccc(F)c(Cl)c2)cc1. The first kappa shape index (κ1) is 18.7. The smallest absolute Gasteiger partial charge is 0.240 e. The standard InChI is InChI=1S/C16H18ClFN2O3S/c1-20(2)12-5-3-11(4-6-12)16(21)10-19-24(22,23)13-7-8-15(18)14(17)9-13/h3-9,16,19,21H,10H2,1-2H3. The number of nitrogens with one attached hydrogen (secondary N) is 1.